The SMILES string of the molecule is CCC(C(=O)NC1CCCCC1)N(Cc1ccc(OC)cc1)C(=O)CSCc1ccccc1F. The predicted octanol–water partition coefficient (Wildman–Crippen LogP) is 5.32. The Morgan fingerprint density at radius 2 is 1.82 bits per heavy atom. The minimum atomic E-state index is -0.550. The highest BCUT2D eigenvalue weighted by Crippen LogP contribution is 2.21. The summed E-state index contributed by atoms with van der Waals surface area (Å²) in [7, 11) is 1.61. The van der Waals surface area contributed by atoms with Gasteiger partial charge < -0.3 is 15.0 Å². The number of hydrogen-bond acceptors (Lipinski definition) is 4. The first kappa shape index (κ1) is 26.1. The molecule has 1 atom stereocenters. The van der Waals surface area contributed by atoms with E-state index in [2.05, 4.69) is 5.32 Å². The lowest BCUT2D eigenvalue weighted by molar-refractivity contribution is -0.139. The number of benzene rings is 2. The minimum absolute atomic E-state index is 0.0876. The van der Waals surface area contributed by atoms with Crippen molar-refractivity contribution in [3.8, 4) is 5.75 Å². The first-order valence-electron chi connectivity index (χ1n) is 12.1. The topological polar surface area (TPSA) is 58.6 Å². The third-order valence-electron chi connectivity index (χ3n) is 6.29. The molecule has 1 aliphatic carbocycles. The molecule has 0 saturated heterocycles. The van der Waals surface area contributed by atoms with Gasteiger partial charge in [-0.3, -0.25) is 9.59 Å². The fraction of sp³-hybridized carbons (Fsp3) is 0.481. The van der Waals surface area contributed by atoms with Gasteiger partial charge in [-0.05, 0) is 48.6 Å². The van der Waals surface area contributed by atoms with E-state index in [9.17, 15) is 14.0 Å². The highest BCUT2D eigenvalue weighted by molar-refractivity contribution is 7.99. The molecule has 7 heteroatoms. The van der Waals surface area contributed by atoms with Crippen molar-refractivity contribution >= 4 is 23.6 Å². The molecule has 1 saturated carbocycles. The molecule has 0 aromatic heterocycles. The molecule has 0 heterocycles. The number of methoxy groups -OCH3 is 1. The van der Waals surface area contributed by atoms with Gasteiger partial charge in [0.2, 0.25) is 11.8 Å². The molecule has 3 rings (SSSR count). The van der Waals surface area contributed by atoms with Crippen LogP contribution in [0.15, 0.2) is 48.5 Å². The van der Waals surface area contributed by atoms with Gasteiger partial charge in [-0.15, -0.1) is 11.8 Å². The lowest BCUT2D eigenvalue weighted by Crippen LogP contribution is -2.52. The van der Waals surface area contributed by atoms with E-state index in [1.165, 1.54) is 24.2 Å². The Bertz CT molecular complexity index is 932. The monoisotopic (exact) mass is 486 g/mol. The molecule has 5 nitrogen and oxygen atoms in total. The van der Waals surface area contributed by atoms with E-state index in [4.69, 9.17) is 4.74 Å². The maximum Gasteiger partial charge on any atom is 0.243 e. The molecule has 2 aromatic carbocycles. The van der Waals surface area contributed by atoms with Gasteiger partial charge in [-0.2, -0.15) is 0 Å². The quantitative estimate of drug-likeness (QED) is 0.467. The molecule has 2 amide bonds. The summed E-state index contributed by atoms with van der Waals surface area (Å²) < 4.78 is 19.2. The van der Waals surface area contributed by atoms with Crippen molar-refractivity contribution in [2.75, 3.05) is 12.9 Å². The number of hydrogen-bond donors (Lipinski definition) is 1. The standard InChI is InChI=1S/C27H35FN2O3S/c1-3-25(27(32)29-22-10-5-4-6-11-22)30(17-20-13-15-23(33-2)16-14-20)26(31)19-34-18-21-9-7-8-12-24(21)28/h7-9,12-16,22,25H,3-6,10-11,17-19H2,1-2H3,(H,29,32). The Balaban J connectivity index is 1.71. The molecule has 1 unspecified atom stereocenters. The average molecular weight is 487 g/mol. The zero-order chi connectivity index (χ0) is 24.3. The van der Waals surface area contributed by atoms with Crippen molar-refractivity contribution in [1.82, 2.24) is 10.2 Å². The normalized spacial score (nSPS) is 14.9. The van der Waals surface area contributed by atoms with E-state index >= 15 is 0 Å². The molecular weight excluding hydrogens is 451 g/mol. The lowest BCUT2D eigenvalue weighted by Gasteiger charge is -2.32. The summed E-state index contributed by atoms with van der Waals surface area (Å²) >= 11 is 1.37. The molecule has 2 aromatic rings. The van der Waals surface area contributed by atoms with Gasteiger partial charge in [-0.1, -0.05) is 56.5 Å². The number of nitrogens with one attached hydrogen (secondary N) is 1. The van der Waals surface area contributed by atoms with Gasteiger partial charge in [0.05, 0.1) is 12.9 Å². The van der Waals surface area contributed by atoms with Crippen LogP contribution in [0.25, 0.3) is 0 Å². The maximum absolute atomic E-state index is 14.0. The summed E-state index contributed by atoms with van der Waals surface area (Å²) in [5.41, 5.74) is 1.50. The van der Waals surface area contributed by atoms with Gasteiger partial charge in [0.15, 0.2) is 0 Å². The van der Waals surface area contributed by atoms with E-state index in [0.717, 1.165) is 37.0 Å². The molecular formula is C27H35FN2O3S. The Labute approximate surface area is 206 Å². The van der Waals surface area contributed by atoms with Gasteiger partial charge in [0.25, 0.3) is 0 Å². The van der Waals surface area contributed by atoms with Crippen LogP contribution in [0.5, 0.6) is 5.75 Å². The second-order valence-corrected chi connectivity index (χ2v) is 9.71. The second-order valence-electron chi connectivity index (χ2n) is 8.72. The van der Waals surface area contributed by atoms with Crippen LogP contribution < -0.4 is 10.1 Å². The van der Waals surface area contributed by atoms with E-state index in [0.29, 0.717) is 24.3 Å². The Hall–Kier alpha value is -2.54. The van der Waals surface area contributed by atoms with Crippen molar-refractivity contribution in [2.24, 2.45) is 0 Å². The van der Waals surface area contributed by atoms with Crippen molar-refractivity contribution in [3.63, 3.8) is 0 Å². The van der Waals surface area contributed by atoms with Crippen LogP contribution in [0, 0.1) is 5.82 Å². The van der Waals surface area contributed by atoms with E-state index < -0.39 is 6.04 Å². The molecule has 1 fully saturated rings. The first-order valence-corrected chi connectivity index (χ1v) is 13.2. The summed E-state index contributed by atoms with van der Waals surface area (Å²) in [6, 6.07) is 13.8. The van der Waals surface area contributed by atoms with Crippen LogP contribution in [0.2, 0.25) is 0 Å². The van der Waals surface area contributed by atoms with Crippen LogP contribution in [0.3, 0.4) is 0 Å². The third-order valence-corrected chi connectivity index (χ3v) is 7.26. The van der Waals surface area contributed by atoms with E-state index in [1.54, 1.807) is 30.2 Å². The second kappa shape index (κ2) is 13.4. The summed E-state index contributed by atoms with van der Waals surface area (Å²) in [6.07, 6.45) is 5.98. The maximum atomic E-state index is 14.0. The number of ether oxygens (including phenoxy) is 1. The van der Waals surface area contributed by atoms with Crippen LogP contribution in [0.4, 0.5) is 4.39 Å². The summed E-state index contributed by atoms with van der Waals surface area (Å²) in [6.45, 7) is 2.27. The Morgan fingerprint density at radius 1 is 1.12 bits per heavy atom. The van der Waals surface area contributed by atoms with Crippen LogP contribution in [-0.4, -0.2) is 41.7 Å². The van der Waals surface area contributed by atoms with Crippen LogP contribution in [-0.2, 0) is 21.9 Å². The van der Waals surface area contributed by atoms with Gasteiger partial charge in [0.1, 0.15) is 17.6 Å². The largest absolute Gasteiger partial charge is 0.497 e. The summed E-state index contributed by atoms with van der Waals surface area (Å²) in [5, 5.41) is 3.19. The Kier molecular flexibility index (Phi) is 10.3. The van der Waals surface area contributed by atoms with Crippen LogP contribution >= 0.6 is 11.8 Å². The smallest absolute Gasteiger partial charge is 0.243 e. The van der Waals surface area contributed by atoms with Crippen LogP contribution in [0.1, 0.15) is 56.6 Å². The number of amides is 2. The molecule has 1 aliphatic rings. The molecule has 0 bridgehead atoms. The third kappa shape index (κ3) is 7.49. The fourth-order valence-corrected chi connectivity index (χ4v) is 5.23. The summed E-state index contributed by atoms with van der Waals surface area (Å²) in [4.78, 5) is 28.3. The molecule has 184 valence electrons. The van der Waals surface area contributed by atoms with E-state index in [-0.39, 0.29) is 29.4 Å². The predicted molar refractivity (Wildman–Crippen MR) is 135 cm³/mol. The Morgan fingerprint density at radius 3 is 2.47 bits per heavy atom. The number of thioether (sulfide) groups is 1. The minimum Gasteiger partial charge on any atom is -0.497 e. The van der Waals surface area contributed by atoms with Crippen molar-refractivity contribution in [1.29, 1.82) is 0 Å². The van der Waals surface area contributed by atoms with Gasteiger partial charge in [-0.25, -0.2) is 4.39 Å². The summed E-state index contributed by atoms with van der Waals surface area (Å²) in [5.74, 6) is 0.843. The molecule has 34 heavy (non-hydrogen) atoms. The first-order chi connectivity index (χ1) is 16.5. The zero-order valence-corrected chi connectivity index (χ0v) is 20.9. The number of rotatable bonds is 11. The van der Waals surface area contributed by atoms with Gasteiger partial charge in [0, 0.05) is 18.3 Å². The average Bonchev–Trinajstić information content (AvgIpc) is 2.86. The van der Waals surface area contributed by atoms with Crippen molar-refractivity contribution < 1.29 is 18.7 Å². The number of carbonyl (C=O) groups excluding carboxylic acids is 2. The van der Waals surface area contributed by atoms with Crippen molar-refractivity contribution in [3.05, 3.63) is 65.5 Å². The van der Waals surface area contributed by atoms with Crippen molar-refractivity contribution in [2.45, 2.75) is 69.8 Å². The lowest BCUT2D eigenvalue weighted by atomic mass is 9.95. The fourth-order valence-electron chi connectivity index (χ4n) is 4.34. The number of nitrogens with zero attached hydrogens (tertiary/aromatic N) is 1. The van der Waals surface area contributed by atoms with Gasteiger partial charge >= 0.3 is 0 Å². The molecule has 0 spiro atoms. The highest BCUT2D eigenvalue weighted by atomic mass is 32.2. The van der Waals surface area contributed by atoms with E-state index in [1.807, 2.05) is 31.2 Å². The number of halogens is 1. The molecule has 1 N–H and O–H groups in total. The number of carbonyl (C=O) groups is 2. The molecule has 0 radical (unpaired) electrons. The zero-order valence-electron chi connectivity index (χ0n) is 20.1. The molecule has 0 aliphatic heterocycles. The highest BCUT2D eigenvalue weighted by Gasteiger charge is 2.30.